The fourth-order valence-electron chi connectivity index (χ4n) is 2.54. The van der Waals surface area contributed by atoms with E-state index in [0.717, 1.165) is 16.3 Å². The van der Waals surface area contributed by atoms with Crippen molar-refractivity contribution in [3.8, 4) is 5.75 Å². The van der Waals surface area contributed by atoms with Gasteiger partial charge in [0.05, 0.1) is 12.8 Å². The van der Waals surface area contributed by atoms with E-state index in [1.807, 2.05) is 42.5 Å². The number of carbonyl (C=O) groups is 2. The third kappa shape index (κ3) is 5.71. The van der Waals surface area contributed by atoms with Crippen molar-refractivity contribution in [3.05, 3.63) is 76.3 Å². The maximum absolute atomic E-state index is 11.9. The van der Waals surface area contributed by atoms with Gasteiger partial charge < -0.3 is 9.47 Å². The van der Waals surface area contributed by atoms with E-state index in [2.05, 4.69) is 0 Å². The summed E-state index contributed by atoms with van der Waals surface area (Å²) >= 11 is 11.7. The summed E-state index contributed by atoms with van der Waals surface area (Å²) in [5.74, 6) is -0.790. The normalized spacial score (nSPS) is 10.6. The van der Waals surface area contributed by atoms with Gasteiger partial charge in [-0.15, -0.1) is 0 Å². The lowest BCUT2D eigenvalue weighted by atomic mass is 10.1. The number of carbonyl (C=O) groups excluding carboxylic acids is 2. The predicted octanol–water partition coefficient (Wildman–Crippen LogP) is 5.58. The fraction of sp³-hybridized carbons (Fsp3) is 0.143. The Morgan fingerprint density at radius 1 is 0.778 bits per heavy atom. The highest BCUT2D eigenvalue weighted by Crippen LogP contribution is 2.24. The average Bonchev–Trinajstić information content (AvgIpc) is 2.63. The monoisotopic (exact) mass is 402 g/mol. The first-order valence-corrected chi connectivity index (χ1v) is 9.05. The van der Waals surface area contributed by atoms with Crippen LogP contribution in [0.4, 0.5) is 0 Å². The zero-order valence-corrected chi connectivity index (χ0v) is 15.8. The minimum atomic E-state index is -0.559. The molecular weight excluding hydrogens is 387 g/mol. The highest BCUT2D eigenvalue weighted by atomic mass is 35.5. The van der Waals surface area contributed by atoms with Crippen LogP contribution in [0.2, 0.25) is 10.0 Å². The fourth-order valence-corrected chi connectivity index (χ4v) is 3.04. The minimum absolute atomic E-state index is 0.0687. The van der Waals surface area contributed by atoms with E-state index in [0.29, 0.717) is 10.0 Å². The van der Waals surface area contributed by atoms with E-state index in [4.69, 9.17) is 32.7 Å². The van der Waals surface area contributed by atoms with E-state index in [9.17, 15) is 9.59 Å². The molecule has 0 aliphatic heterocycles. The summed E-state index contributed by atoms with van der Waals surface area (Å²) in [6.07, 6.45) is -0.165. The van der Waals surface area contributed by atoms with Gasteiger partial charge in [0.2, 0.25) is 0 Å². The van der Waals surface area contributed by atoms with Crippen molar-refractivity contribution < 1.29 is 19.1 Å². The molecule has 0 aromatic heterocycles. The number of halogens is 2. The molecule has 0 fully saturated rings. The van der Waals surface area contributed by atoms with Gasteiger partial charge >= 0.3 is 11.9 Å². The van der Waals surface area contributed by atoms with Crippen LogP contribution in [0, 0.1) is 0 Å². The highest BCUT2D eigenvalue weighted by molar-refractivity contribution is 6.34. The first kappa shape index (κ1) is 19.2. The van der Waals surface area contributed by atoms with Crippen LogP contribution in [0.5, 0.6) is 5.75 Å². The number of rotatable bonds is 6. The van der Waals surface area contributed by atoms with Gasteiger partial charge in [0.25, 0.3) is 0 Å². The molecule has 6 heteroatoms. The Morgan fingerprint density at radius 3 is 2.19 bits per heavy atom. The number of benzene rings is 3. The Labute approximate surface area is 166 Å². The van der Waals surface area contributed by atoms with Gasteiger partial charge in [0, 0.05) is 10.0 Å². The van der Waals surface area contributed by atoms with Crippen LogP contribution in [0.15, 0.2) is 60.7 Å². The zero-order valence-electron chi connectivity index (χ0n) is 14.3. The Bertz CT molecular complexity index is 965. The molecule has 27 heavy (non-hydrogen) atoms. The molecule has 0 spiro atoms. The molecular formula is C21H16Cl2O4. The molecule has 0 radical (unpaired) electrons. The first-order valence-electron chi connectivity index (χ1n) is 8.30. The molecule has 138 valence electrons. The molecule has 0 bridgehead atoms. The molecule has 0 heterocycles. The summed E-state index contributed by atoms with van der Waals surface area (Å²) in [6, 6.07) is 18.3. The van der Waals surface area contributed by atoms with Crippen LogP contribution in [0.25, 0.3) is 10.8 Å². The Morgan fingerprint density at radius 2 is 1.44 bits per heavy atom. The summed E-state index contributed by atoms with van der Waals surface area (Å²) < 4.78 is 10.3. The Kier molecular flexibility index (Phi) is 6.32. The van der Waals surface area contributed by atoms with Crippen LogP contribution in [-0.4, -0.2) is 11.9 Å². The lowest BCUT2D eigenvalue weighted by Gasteiger charge is -2.07. The smallest absolute Gasteiger partial charge is 0.311 e. The van der Waals surface area contributed by atoms with E-state index >= 15 is 0 Å². The van der Waals surface area contributed by atoms with Crippen molar-refractivity contribution in [2.45, 2.75) is 19.4 Å². The number of hydrogen-bond acceptors (Lipinski definition) is 4. The van der Waals surface area contributed by atoms with Gasteiger partial charge in [0.1, 0.15) is 12.4 Å². The molecule has 0 aliphatic rings. The average molecular weight is 403 g/mol. The molecule has 0 saturated heterocycles. The second kappa shape index (κ2) is 8.89. The third-order valence-electron chi connectivity index (χ3n) is 3.81. The second-order valence-corrected chi connectivity index (χ2v) is 6.79. The van der Waals surface area contributed by atoms with Gasteiger partial charge in [0.15, 0.2) is 0 Å². The molecule has 0 aliphatic carbocycles. The van der Waals surface area contributed by atoms with Gasteiger partial charge in [-0.2, -0.15) is 0 Å². The summed E-state index contributed by atoms with van der Waals surface area (Å²) in [5.41, 5.74) is 0.887. The van der Waals surface area contributed by atoms with Gasteiger partial charge in [-0.25, -0.2) is 0 Å². The van der Waals surface area contributed by atoms with E-state index in [1.54, 1.807) is 0 Å². The zero-order chi connectivity index (χ0) is 19.2. The van der Waals surface area contributed by atoms with Gasteiger partial charge in [-0.05, 0) is 40.6 Å². The minimum Gasteiger partial charge on any atom is -0.461 e. The molecule has 0 saturated carbocycles. The Balaban J connectivity index is 1.46. The molecule has 0 amide bonds. The highest BCUT2D eigenvalue weighted by Gasteiger charge is 2.11. The van der Waals surface area contributed by atoms with Crippen molar-refractivity contribution in [2.75, 3.05) is 0 Å². The van der Waals surface area contributed by atoms with Crippen molar-refractivity contribution in [1.82, 2.24) is 0 Å². The maximum Gasteiger partial charge on any atom is 0.311 e. The molecule has 3 aromatic rings. The molecule has 0 N–H and O–H groups in total. The number of esters is 2. The summed E-state index contributed by atoms with van der Waals surface area (Å²) in [7, 11) is 0. The molecule has 3 rings (SSSR count). The predicted molar refractivity (Wildman–Crippen MR) is 105 cm³/mol. The molecule has 3 aromatic carbocycles. The van der Waals surface area contributed by atoms with Crippen molar-refractivity contribution in [2.24, 2.45) is 0 Å². The largest absolute Gasteiger partial charge is 0.461 e. The lowest BCUT2D eigenvalue weighted by molar-refractivity contribution is -0.148. The number of ether oxygens (including phenoxy) is 2. The van der Waals surface area contributed by atoms with Crippen molar-refractivity contribution in [3.63, 3.8) is 0 Å². The number of hydrogen-bond donors (Lipinski definition) is 0. The van der Waals surface area contributed by atoms with E-state index < -0.39 is 11.9 Å². The third-order valence-corrected chi connectivity index (χ3v) is 4.25. The van der Waals surface area contributed by atoms with Gasteiger partial charge in [-0.3, -0.25) is 9.59 Å². The van der Waals surface area contributed by atoms with E-state index in [1.165, 1.54) is 18.2 Å². The van der Waals surface area contributed by atoms with Crippen LogP contribution in [-0.2, 0) is 20.9 Å². The second-order valence-electron chi connectivity index (χ2n) is 5.92. The number of fused-ring (bicyclic) bond motifs is 1. The van der Waals surface area contributed by atoms with Crippen LogP contribution in [0.3, 0.4) is 0 Å². The summed E-state index contributed by atoms with van der Waals surface area (Å²) in [5, 5.41) is 2.92. The molecule has 0 atom stereocenters. The molecule has 0 unspecified atom stereocenters. The maximum atomic E-state index is 11.9. The standard InChI is InChI=1S/C21H16Cl2O4/c22-17-10-18(23)12-19(11-17)27-21(25)8-7-20(24)26-13-14-5-6-15-3-1-2-4-16(15)9-14/h1-6,9-12H,7-8,13H2. The summed E-state index contributed by atoms with van der Waals surface area (Å²) in [4.78, 5) is 23.7. The topological polar surface area (TPSA) is 52.6 Å². The lowest BCUT2D eigenvalue weighted by Crippen LogP contribution is -2.12. The van der Waals surface area contributed by atoms with Crippen molar-refractivity contribution in [1.29, 1.82) is 0 Å². The SMILES string of the molecule is O=C(CCC(=O)Oc1cc(Cl)cc(Cl)c1)OCc1ccc2ccccc2c1. The molecule has 4 nitrogen and oxygen atoms in total. The quantitative estimate of drug-likeness (QED) is 0.399. The summed E-state index contributed by atoms with van der Waals surface area (Å²) in [6.45, 7) is 0.155. The van der Waals surface area contributed by atoms with Gasteiger partial charge in [-0.1, -0.05) is 59.6 Å². The van der Waals surface area contributed by atoms with E-state index in [-0.39, 0.29) is 25.2 Å². The Hall–Kier alpha value is -2.56. The van der Waals surface area contributed by atoms with Crippen molar-refractivity contribution >= 4 is 45.9 Å². The van der Waals surface area contributed by atoms with Crippen LogP contribution < -0.4 is 4.74 Å². The van der Waals surface area contributed by atoms with Crippen LogP contribution >= 0.6 is 23.2 Å². The van der Waals surface area contributed by atoms with Crippen LogP contribution in [0.1, 0.15) is 18.4 Å². The first-order chi connectivity index (χ1) is 13.0.